The maximum absolute atomic E-state index is 6.19. The van der Waals surface area contributed by atoms with Crippen LogP contribution in [0.4, 0.5) is 11.4 Å². The van der Waals surface area contributed by atoms with Crippen LogP contribution in [0, 0.1) is 0 Å². The number of anilines is 2. The van der Waals surface area contributed by atoms with Crippen molar-refractivity contribution in [2.45, 2.75) is 19.3 Å². The van der Waals surface area contributed by atoms with Crippen molar-refractivity contribution in [3.63, 3.8) is 0 Å². The quantitative estimate of drug-likeness (QED) is 0.258. The fraction of sp³-hybridized carbons (Fsp3) is 0.0882. The van der Waals surface area contributed by atoms with Crippen LogP contribution in [-0.2, 0) is 5.41 Å². The number of rotatable bonds is 3. The predicted octanol–water partition coefficient (Wildman–Crippen LogP) is 9.91. The van der Waals surface area contributed by atoms with Crippen LogP contribution in [0.15, 0.2) is 108 Å². The van der Waals surface area contributed by atoms with Crippen molar-refractivity contribution < 1.29 is 4.42 Å². The Hall–Kier alpha value is -4.41. The lowest BCUT2D eigenvalue weighted by atomic mass is 9.82. The molecule has 0 amide bonds. The Kier molecular flexibility index (Phi) is 4.44. The van der Waals surface area contributed by atoms with E-state index in [1.807, 2.05) is 12.1 Å². The summed E-state index contributed by atoms with van der Waals surface area (Å²) >= 11 is 1.75. The molecule has 0 atom stereocenters. The zero-order valence-corrected chi connectivity index (χ0v) is 21.9. The Labute approximate surface area is 224 Å². The molecule has 0 fully saturated rings. The van der Waals surface area contributed by atoms with E-state index in [1.165, 1.54) is 27.0 Å². The summed E-state index contributed by atoms with van der Waals surface area (Å²) in [5, 5.41) is 7.09. The van der Waals surface area contributed by atoms with Gasteiger partial charge in [-0.1, -0.05) is 68.4 Å². The smallest absolute Gasteiger partial charge is 0.137 e. The fourth-order valence-electron chi connectivity index (χ4n) is 5.99. The molecule has 7 aromatic rings. The maximum Gasteiger partial charge on any atom is 0.137 e. The van der Waals surface area contributed by atoms with Gasteiger partial charge in [0.25, 0.3) is 0 Å². The molecule has 3 nitrogen and oxygen atoms in total. The number of hydrogen-bond acceptors (Lipinski definition) is 4. The van der Waals surface area contributed by atoms with Crippen molar-refractivity contribution in [3.05, 3.63) is 114 Å². The van der Waals surface area contributed by atoms with Gasteiger partial charge in [-0.2, -0.15) is 0 Å². The lowest BCUT2D eigenvalue weighted by Crippen LogP contribution is -2.15. The summed E-state index contributed by atoms with van der Waals surface area (Å²) in [4.78, 5) is 4.99. The van der Waals surface area contributed by atoms with Crippen LogP contribution in [0.1, 0.15) is 25.0 Å². The Balaban J connectivity index is 1.33. The Morgan fingerprint density at radius 1 is 0.737 bits per heavy atom. The monoisotopic (exact) mass is 508 g/mol. The van der Waals surface area contributed by atoms with E-state index in [0.29, 0.717) is 0 Å². The highest BCUT2D eigenvalue weighted by Gasteiger charge is 2.37. The van der Waals surface area contributed by atoms with Gasteiger partial charge >= 0.3 is 0 Å². The van der Waals surface area contributed by atoms with Gasteiger partial charge in [0.15, 0.2) is 0 Å². The first-order valence-corrected chi connectivity index (χ1v) is 13.7. The third kappa shape index (κ3) is 3.10. The summed E-state index contributed by atoms with van der Waals surface area (Å²) in [5.74, 6) is 0. The number of nitrogens with one attached hydrogen (secondary N) is 1. The van der Waals surface area contributed by atoms with E-state index in [4.69, 9.17) is 9.40 Å². The molecule has 0 radical (unpaired) electrons. The standard InChI is InChI=1S/C34H24N2OS/c1-34(2)25-11-5-3-10-24(25)32-26(34)17-20(33-36-27-12-6-8-14-31(27)38-33)18-28(32)35-21-15-16-23-22-9-4-7-13-29(22)37-30(23)19-21/h3-19,35H,1-2H3. The highest BCUT2D eigenvalue weighted by atomic mass is 32.1. The molecule has 0 aliphatic heterocycles. The first-order valence-electron chi connectivity index (χ1n) is 12.9. The first kappa shape index (κ1) is 21.7. The molecule has 2 heterocycles. The van der Waals surface area contributed by atoms with Crippen LogP contribution >= 0.6 is 11.3 Å². The SMILES string of the molecule is CC1(C)c2ccccc2-c2c(Nc3ccc4c(c3)oc3ccccc34)cc(-c3nc4ccccc4s3)cc21. The van der Waals surface area contributed by atoms with E-state index in [2.05, 4.69) is 110 Å². The predicted molar refractivity (Wildman–Crippen MR) is 160 cm³/mol. The van der Waals surface area contributed by atoms with Crippen LogP contribution in [0.2, 0.25) is 0 Å². The van der Waals surface area contributed by atoms with Gasteiger partial charge in [0.2, 0.25) is 0 Å². The second-order valence-corrected chi connectivity index (χ2v) is 11.6. The highest BCUT2D eigenvalue weighted by molar-refractivity contribution is 7.21. The average Bonchev–Trinajstić information content (AvgIpc) is 3.59. The topological polar surface area (TPSA) is 38.1 Å². The number of para-hydroxylation sites is 2. The van der Waals surface area contributed by atoms with Crippen molar-refractivity contribution >= 4 is 54.9 Å². The zero-order chi connectivity index (χ0) is 25.4. The third-order valence-corrected chi connectivity index (χ3v) is 8.97. The average molecular weight is 509 g/mol. The minimum atomic E-state index is -0.113. The molecule has 1 aliphatic carbocycles. The number of aromatic nitrogens is 1. The number of nitrogens with zero attached hydrogens (tertiary/aromatic N) is 1. The van der Waals surface area contributed by atoms with Gasteiger partial charge in [-0.25, -0.2) is 4.98 Å². The number of hydrogen-bond donors (Lipinski definition) is 1. The second-order valence-electron chi connectivity index (χ2n) is 10.5. The lowest BCUT2D eigenvalue weighted by molar-refractivity contribution is 0.660. The highest BCUT2D eigenvalue weighted by Crippen LogP contribution is 2.53. The molecule has 0 saturated heterocycles. The van der Waals surface area contributed by atoms with Crippen molar-refractivity contribution in [1.29, 1.82) is 0 Å². The van der Waals surface area contributed by atoms with Crippen LogP contribution in [0.5, 0.6) is 0 Å². The summed E-state index contributed by atoms with van der Waals surface area (Å²) in [5.41, 5.74) is 11.2. The molecule has 8 rings (SSSR count). The van der Waals surface area contributed by atoms with Crippen LogP contribution in [-0.4, -0.2) is 4.98 Å². The second kappa shape index (κ2) is 7.80. The Bertz CT molecular complexity index is 2010. The van der Waals surface area contributed by atoms with Gasteiger partial charge in [0, 0.05) is 44.8 Å². The minimum absolute atomic E-state index is 0.113. The molecule has 0 bridgehead atoms. The normalized spacial score (nSPS) is 13.7. The molecule has 0 spiro atoms. The first-order chi connectivity index (χ1) is 18.6. The molecule has 2 aromatic heterocycles. The van der Waals surface area contributed by atoms with E-state index in [0.717, 1.165) is 49.4 Å². The lowest BCUT2D eigenvalue weighted by Gasteiger charge is -2.22. The number of fused-ring (bicyclic) bond motifs is 7. The van der Waals surface area contributed by atoms with E-state index in [9.17, 15) is 0 Å². The van der Waals surface area contributed by atoms with Gasteiger partial charge in [-0.15, -0.1) is 11.3 Å². The van der Waals surface area contributed by atoms with E-state index >= 15 is 0 Å². The summed E-state index contributed by atoms with van der Waals surface area (Å²) in [6.07, 6.45) is 0. The molecule has 0 saturated carbocycles. The van der Waals surface area contributed by atoms with Crippen LogP contribution in [0.25, 0.3) is 53.9 Å². The number of benzene rings is 5. The summed E-state index contributed by atoms with van der Waals surface area (Å²) < 4.78 is 7.40. The molecule has 0 unspecified atom stereocenters. The van der Waals surface area contributed by atoms with Gasteiger partial charge in [-0.05, 0) is 59.2 Å². The summed E-state index contributed by atoms with van der Waals surface area (Å²) in [6, 6.07) is 36.4. The summed E-state index contributed by atoms with van der Waals surface area (Å²) in [6.45, 7) is 4.65. The van der Waals surface area contributed by atoms with Crippen LogP contribution in [0.3, 0.4) is 0 Å². The summed E-state index contributed by atoms with van der Waals surface area (Å²) in [7, 11) is 0. The molecule has 1 aliphatic rings. The van der Waals surface area contributed by atoms with Crippen molar-refractivity contribution in [2.24, 2.45) is 0 Å². The molecular weight excluding hydrogens is 484 g/mol. The van der Waals surface area contributed by atoms with E-state index in [1.54, 1.807) is 11.3 Å². The van der Waals surface area contributed by atoms with Crippen LogP contribution < -0.4 is 5.32 Å². The van der Waals surface area contributed by atoms with E-state index in [-0.39, 0.29) is 5.41 Å². The molecule has 1 N–H and O–H groups in total. The molecule has 38 heavy (non-hydrogen) atoms. The molecule has 5 aromatic carbocycles. The van der Waals surface area contributed by atoms with Crippen molar-refractivity contribution in [2.75, 3.05) is 5.32 Å². The molecular formula is C34H24N2OS. The largest absolute Gasteiger partial charge is 0.456 e. The number of thiazole rings is 1. The third-order valence-electron chi connectivity index (χ3n) is 7.88. The fourth-order valence-corrected chi connectivity index (χ4v) is 6.95. The maximum atomic E-state index is 6.19. The van der Waals surface area contributed by atoms with Crippen molar-refractivity contribution in [1.82, 2.24) is 4.98 Å². The zero-order valence-electron chi connectivity index (χ0n) is 21.1. The molecule has 182 valence electrons. The van der Waals surface area contributed by atoms with Gasteiger partial charge in [0.05, 0.1) is 10.2 Å². The van der Waals surface area contributed by atoms with E-state index < -0.39 is 0 Å². The number of furan rings is 1. The van der Waals surface area contributed by atoms with Gasteiger partial charge in [-0.3, -0.25) is 0 Å². The minimum Gasteiger partial charge on any atom is -0.456 e. The Morgan fingerprint density at radius 3 is 2.45 bits per heavy atom. The molecule has 4 heteroatoms. The van der Waals surface area contributed by atoms with Gasteiger partial charge < -0.3 is 9.73 Å². The van der Waals surface area contributed by atoms with Gasteiger partial charge in [0.1, 0.15) is 16.2 Å². The van der Waals surface area contributed by atoms with Crippen molar-refractivity contribution in [3.8, 4) is 21.7 Å². The Morgan fingerprint density at radius 2 is 1.53 bits per heavy atom.